The van der Waals surface area contributed by atoms with E-state index in [2.05, 4.69) is 4.98 Å². The van der Waals surface area contributed by atoms with Crippen LogP contribution >= 0.6 is 23.1 Å². The van der Waals surface area contributed by atoms with Gasteiger partial charge in [-0.05, 0) is 18.4 Å². The molecule has 0 aliphatic rings. The SMILES string of the molecule is CC(=O)CSc1nc2ccsc2c(=O)n1C. The Balaban J connectivity index is 2.49. The number of nitrogens with zero attached hydrogens (tertiary/aromatic N) is 2. The topological polar surface area (TPSA) is 52.0 Å². The van der Waals surface area contributed by atoms with E-state index in [1.165, 1.54) is 34.6 Å². The summed E-state index contributed by atoms with van der Waals surface area (Å²) in [7, 11) is 1.68. The highest BCUT2D eigenvalue weighted by molar-refractivity contribution is 7.99. The minimum atomic E-state index is -0.0500. The molecular weight excluding hydrogens is 244 g/mol. The van der Waals surface area contributed by atoms with Crippen LogP contribution in [0.4, 0.5) is 0 Å². The van der Waals surface area contributed by atoms with Crippen molar-refractivity contribution in [3.05, 3.63) is 21.8 Å². The number of aromatic nitrogens is 2. The summed E-state index contributed by atoms with van der Waals surface area (Å²) >= 11 is 2.68. The fourth-order valence-corrected chi connectivity index (χ4v) is 2.84. The Morgan fingerprint density at radius 3 is 3.06 bits per heavy atom. The largest absolute Gasteiger partial charge is 0.299 e. The Morgan fingerprint density at radius 2 is 2.38 bits per heavy atom. The van der Waals surface area contributed by atoms with Crippen LogP contribution in [0.5, 0.6) is 0 Å². The second-order valence-electron chi connectivity index (χ2n) is 3.38. The normalized spacial score (nSPS) is 10.9. The Labute approximate surface area is 100 Å². The molecule has 0 aromatic carbocycles. The predicted octanol–water partition coefficient (Wildman–Crippen LogP) is 1.68. The quantitative estimate of drug-likeness (QED) is 0.617. The fourth-order valence-electron chi connectivity index (χ4n) is 1.26. The monoisotopic (exact) mass is 254 g/mol. The summed E-state index contributed by atoms with van der Waals surface area (Å²) in [5, 5.41) is 2.43. The van der Waals surface area contributed by atoms with Gasteiger partial charge in [-0.2, -0.15) is 0 Å². The Morgan fingerprint density at radius 1 is 1.62 bits per heavy atom. The second kappa shape index (κ2) is 4.39. The number of carbonyl (C=O) groups is 1. The van der Waals surface area contributed by atoms with Crippen LogP contribution in [0.3, 0.4) is 0 Å². The number of hydrogen-bond donors (Lipinski definition) is 0. The van der Waals surface area contributed by atoms with Crippen molar-refractivity contribution in [2.45, 2.75) is 12.1 Å². The van der Waals surface area contributed by atoms with E-state index in [1.54, 1.807) is 7.05 Å². The van der Waals surface area contributed by atoms with Crippen molar-refractivity contribution >= 4 is 39.1 Å². The molecule has 0 amide bonds. The van der Waals surface area contributed by atoms with E-state index in [0.717, 1.165) is 0 Å². The van der Waals surface area contributed by atoms with Gasteiger partial charge in [-0.15, -0.1) is 11.3 Å². The maximum Gasteiger partial charge on any atom is 0.271 e. The van der Waals surface area contributed by atoms with Crippen LogP contribution in [0.25, 0.3) is 10.2 Å². The average molecular weight is 254 g/mol. The zero-order valence-corrected chi connectivity index (χ0v) is 10.5. The molecule has 0 N–H and O–H groups in total. The van der Waals surface area contributed by atoms with Crippen molar-refractivity contribution in [2.24, 2.45) is 7.05 Å². The first-order chi connectivity index (χ1) is 7.59. The minimum Gasteiger partial charge on any atom is -0.299 e. The fraction of sp³-hybridized carbons (Fsp3) is 0.300. The predicted molar refractivity (Wildman–Crippen MR) is 66.3 cm³/mol. The number of carbonyl (C=O) groups excluding carboxylic acids is 1. The summed E-state index contributed by atoms with van der Waals surface area (Å²) in [4.78, 5) is 27.1. The molecule has 0 aliphatic heterocycles. The molecule has 0 fully saturated rings. The van der Waals surface area contributed by atoms with Gasteiger partial charge in [0.05, 0.1) is 11.3 Å². The molecule has 2 aromatic rings. The summed E-state index contributed by atoms with van der Waals surface area (Å²) < 4.78 is 2.15. The van der Waals surface area contributed by atoms with Crippen molar-refractivity contribution in [1.29, 1.82) is 0 Å². The molecule has 0 radical (unpaired) electrons. The summed E-state index contributed by atoms with van der Waals surface area (Å²) in [6, 6.07) is 1.82. The first-order valence-corrected chi connectivity index (χ1v) is 6.52. The Hall–Kier alpha value is -1.14. The Kier molecular flexibility index (Phi) is 3.11. The van der Waals surface area contributed by atoms with Crippen molar-refractivity contribution in [3.63, 3.8) is 0 Å². The molecule has 0 bridgehead atoms. The van der Waals surface area contributed by atoms with Gasteiger partial charge in [0, 0.05) is 7.05 Å². The van der Waals surface area contributed by atoms with E-state index in [9.17, 15) is 9.59 Å². The molecule has 84 valence electrons. The molecule has 6 heteroatoms. The van der Waals surface area contributed by atoms with Gasteiger partial charge in [-0.1, -0.05) is 11.8 Å². The molecule has 2 aromatic heterocycles. The molecule has 4 nitrogen and oxygen atoms in total. The van der Waals surface area contributed by atoms with Gasteiger partial charge < -0.3 is 0 Å². The van der Waals surface area contributed by atoms with Crippen LogP contribution in [-0.2, 0) is 11.8 Å². The van der Waals surface area contributed by atoms with Crippen molar-refractivity contribution < 1.29 is 4.79 Å². The molecule has 16 heavy (non-hydrogen) atoms. The highest BCUT2D eigenvalue weighted by Gasteiger charge is 2.09. The molecule has 2 rings (SSSR count). The number of fused-ring (bicyclic) bond motifs is 1. The molecule has 0 atom stereocenters. The average Bonchev–Trinajstić information content (AvgIpc) is 2.69. The first-order valence-electron chi connectivity index (χ1n) is 4.66. The lowest BCUT2D eigenvalue weighted by Gasteiger charge is -2.05. The molecule has 0 aliphatic carbocycles. The maximum atomic E-state index is 11.9. The van der Waals surface area contributed by atoms with Gasteiger partial charge in [0.25, 0.3) is 5.56 Å². The summed E-state index contributed by atoms with van der Waals surface area (Å²) in [5.74, 6) is 0.417. The minimum absolute atomic E-state index is 0.0500. The smallest absolute Gasteiger partial charge is 0.271 e. The Bertz CT molecular complexity index is 600. The highest BCUT2D eigenvalue weighted by Crippen LogP contribution is 2.19. The number of rotatable bonds is 3. The van der Waals surface area contributed by atoms with E-state index in [0.29, 0.717) is 21.1 Å². The number of ketones is 1. The number of Topliss-reactive ketones (excluding diaryl/α,β-unsaturated/α-hetero) is 1. The zero-order valence-electron chi connectivity index (χ0n) is 8.89. The third kappa shape index (κ3) is 2.03. The molecule has 0 saturated carbocycles. The number of thiophene rings is 1. The van der Waals surface area contributed by atoms with E-state index in [-0.39, 0.29) is 11.3 Å². The lowest BCUT2D eigenvalue weighted by Crippen LogP contribution is -2.19. The molecule has 0 spiro atoms. The lowest BCUT2D eigenvalue weighted by molar-refractivity contribution is -0.114. The van der Waals surface area contributed by atoms with E-state index in [1.807, 2.05) is 11.4 Å². The third-order valence-corrected chi connectivity index (χ3v) is 4.12. The van der Waals surface area contributed by atoms with Gasteiger partial charge >= 0.3 is 0 Å². The maximum absolute atomic E-state index is 11.9. The van der Waals surface area contributed by atoms with Gasteiger partial charge in [0.2, 0.25) is 0 Å². The molecule has 2 heterocycles. The number of thioether (sulfide) groups is 1. The van der Waals surface area contributed by atoms with Crippen molar-refractivity contribution in [1.82, 2.24) is 9.55 Å². The van der Waals surface area contributed by atoms with Crippen LogP contribution in [0.15, 0.2) is 21.4 Å². The van der Waals surface area contributed by atoms with Crippen molar-refractivity contribution in [2.75, 3.05) is 5.75 Å². The first kappa shape index (κ1) is 11.3. The van der Waals surface area contributed by atoms with Crippen LogP contribution in [0.1, 0.15) is 6.92 Å². The van der Waals surface area contributed by atoms with E-state index >= 15 is 0 Å². The summed E-state index contributed by atoms with van der Waals surface area (Å²) in [5.41, 5.74) is 0.658. The lowest BCUT2D eigenvalue weighted by atomic mass is 10.5. The molecule has 0 saturated heterocycles. The number of hydrogen-bond acceptors (Lipinski definition) is 5. The highest BCUT2D eigenvalue weighted by atomic mass is 32.2. The van der Waals surface area contributed by atoms with Gasteiger partial charge in [0.15, 0.2) is 5.16 Å². The van der Waals surface area contributed by atoms with Crippen molar-refractivity contribution in [3.8, 4) is 0 Å². The van der Waals surface area contributed by atoms with Gasteiger partial charge in [-0.25, -0.2) is 4.98 Å². The summed E-state index contributed by atoms with van der Waals surface area (Å²) in [6.45, 7) is 1.52. The second-order valence-corrected chi connectivity index (χ2v) is 5.24. The molecular formula is C10H10N2O2S2. The van der Waals surface area contributed by atoms with Gasteiger partial charge in [0.1, 0.15) is 10.5 Å². The van der Waals surface area contributed by atoms with E-state index < -0.39 is 0 Å². The summed E-state index contributed by atoms with van der Waals surface area (Å²) in [6.07, 6.45) is 0. The molecule has 0 unspecified atom stereocenters. The van der Waals surface area contributed by atoms with Crippen LogP contribution < -0.4 is 5.56 Å². The van der Waals surface area contributed by atoms with E-state index in [4.69, 9.17) is 0 Å². The third-order valence-electron chi connectivity index (χ3n) is 2.05. The zero-order chi connectivity index (χ0) is 11.7. The van der Waals surface area contributed by atoms with Crippen LogP contribution in [-0.4, -0.2) is 21.1 Å². The van der Waals surface area contributed by atoms with Gasteiger partial charge in [-0.3, -0.25) is 14.2 Å². The standard InChI is InChI=1S/C10H10N2O2S2/c1-6(13)5-16-10-11-7-3-4-15-8(7)9(14)12(10)2/h3-4H,5H2,1-2H3. The van der Waals surface area contributed by atoms with Crippen LogP contribution in [0.2, 0.25) is 0 Å². The van der Waals surface area contributed by atoms with Crippen LogP contribution in [0, 0.1) is 0 Å².